The second-order valence-electron chi connectivity index (χ2n) is 7.16. The standard InChI is InChI=1S/C20H23N3O4S/c1-5-26-16(24)10-23(19-22-12(2)11-28-19)17-14-8-13(9-21)6-7-15(14)27-20(3,4)18(17)25/h6-8,11,17-18,25H,5,10H2,1-4H3/t17-,18+/m0/s1. The molecule has 7 nitrogen and oxygen atoms in total. The van der Waals surface area contributed by atoms with Crippen LogP contribution >= 0.6 is 11.3 Å². The second kappa shape index (κ2) is 7.78. The Hall–Kier alpha value is -2.63. The molecule has 148 valence electrons. The highest BCUT2D eigenvalue weighted by Gasteiger charge is 2.46. The summed E-state index contributed by atoms with van der Waals surface area (Å²) in [5.41, 5.74) is 1.01. The zero-order valence-corrected chi connectivity index (χ0v) is 17.1. The molecule has 0 unspecified atom stereocenters. The van der Waals surface area contributed by atoms with E-state index in [4.69, 9.17) is 9.47 Å². The minimum Gasteiger partial charge on any atom is -0.485 e. The number of anilines is 1. The number of rotatable bonds is 5. The lowest BCUT2D eigenvalue weighted by atomic mass is 9.85. The van der Waals surface area contributed by atoms with Gasteiger partial charge in [0.05, 0.1) is 30.0 Å². The first-order valence-corrected chi connectivity index (χ1v) is 9.90. The maximum absolute atomic E-state index is 12.3. The Morgan fingerprint density at radius 1 is 1.50 bits per heavy atom. The van der Waals surface area contributed by atoms with Crippen molar-refractivity contribution in [1.29, 1.82) is 5.26 Å². The van der Waals surface area contributed by atoms with Crippen LogP contribution in [0.25, 0.3) is 0 Å². The molecule has 0 saturated carbocycles. The number of hydrogen-bond acceptors (Lipinski definition) is 8. The van der Waals surface area contributed by atoms with Crippen LogP contribution in [0.3, 0.4) is 0 Å². The van der Waals surface area contributed by atoms with Gasteiger partial charge in [-0.05, 0) is 45.9 Å². The largest absolute Gasteiger partial charge is 0.485 e. The molecule has 0 radical (unpaired) electrons. The zero-order chi connectivity index (χ0) is 20.5. The summed E-state index contributed by atoms with van der Waals surface area (Å²) in [6.07, 6.45) is -0.965. The molecule has 2 heterocycles. The van der Waals surface area contributed by atoms with Gasteiger partial charge >= 0.3 is 5.97 Å². The van der Waals surface area contributed by atoms with Gasteiger partial charge in [-0.3, -0.25) is 4.79 Å². The third-order valence-corrected chi connectivity index (χ3v) is 5.63. The molecule has 0 aliphatic carbocycles. The summed E-state index contributed by atoms with van der Waals surface area (Å²) in [5, 5.41) is 23.0. The van der Waals surface area contributed by atoms with Gasteiger partial charge in [0.25, 0.3) is 0 Å². The van der Waals surface area contributed by atoms with Crippen LogP contribution in [-0.2, 0) is 9.53 Å². The highest BCUT2D eigenvalue weighted by molar-refractivity contribution is 7.13. The van der Waals surface area contributed by atoms with Gasteiger partial charge in [-0.1, -0.05) is 0 Å². The van der Waals surface area contributed by atoms with Crippen LogP contribution in [0.5, 0.6) is 5.75 Å². The normalized spacial score (nSPS) is 19.9. The van der Waals surface area contributed by atoms with E-state index >= 15 is 0 Å². The number of fused-ring (bicyclic) bond motifs is 1. The maximum atomic E-state index is 12.3. The molecular weight excluding hydrogens is 378 g/mol. The Kier molecular flexibility index (Phi) is 5.59. The van der Waals surface area contributed by atoms with Crippen LogP contribution in [0.15, 0.2) is 23.6 Å². The van der Waals surface area contributed by atoms with Crippen molar-refractivity contribution in [2.45, 2.75) is 45.4 Å². The summed E-state index contributed by atoms with van der Waals surface area (Å²) in [6, 6.07) is 6.59. The van der Waals surface area contributed by atoms with Crippen molar-refractivity contribution in [1.82, 2.24) is 4.98 Å². The number of aliphatic hydroxyl groups is 1. The van der Waals surface area contributed by atoms with Crippen molar-refractivity contribution in [3.05, 3.63) is 40.4 Å². The highest BCUT2D eigenvalue weighted by Crippen LogP contribution is 2.45. The van der Waals surface area contributed by atoms with Gasteiger partial charge in [0.15, 0.2) is 5.13 Å². The van der Waals surface area contributed by atoms with Crippen LogP contribution in [0.4, 0.5) is 5.13 Å². The molecule has 2 atom stereocenters. The smallest absolute Gasteiger partial charge is 0.325 e. The molecule has 0 fully saturated rings. The number of hydrogen-bond donors (Lipinski definition) is 1. The zero-order valence-electron chi connectivity index (χ0n) is 16.3. The van der Waals surface area contributed by atoms with E-state index in [1.54, 1.807) is 43.9 Å². The lowest BCUT2D eigenvalue weighted by Crippen LogP contribution is -2.54. The predicted molar refractivity (Wildman–Crippen MR) is 105 cm³/mol. The summed E-state index contributed by atoms with van der Waals surface area (Å²) < 4.78 is 11.1. The third-order valence-electron chi connectivity index (χ3n) is 4.64. The Labute approximate surface area is 168 Å². The van der Waals surface area contributed by atoms with Crippen LogP contribution in [0.1, 0.15) is 43.6 Å². The molecule has 0 spiro atoms. The van der Waals surface area contributed by atoms with Gasteiger partial charge in [0, 0.05) is 10.9 Å². The molecule has 28 heavy (non-hydrogen) atoms. The van der Waals surface area contributed by atoms with Crippen molar-refractivity contribution in [2.24, 2.45) is 0 Å². The first-order valence-electron chi connectivity index (χ1n) is 9.02. The number of ether oxygens (including phenoxy) is 2. The number of carbonyl (C=O) groups is 1. The Balaban J connectivity index is 2.14. The van der Waals surface area contributed by atoms with Gasteiger partial charge < -0.3 is 19.5 Å². The van der Waals surface area contributed by atoms with E-state index in [0.29, 0.717) is 22.0 Å². The summed E-state index contributed by atoms with van der Waals surface area (Å²) in [6.45, 7) is 7.39. The minimum atomic E-state index is -0.965. The molecule has 1 N–H and O–H groups in total. The van der Waals surface area contributed by atoms with Gasteiger partial charge in [0.1, 0.15) is 24.0 Å². The topological polar surface area (TPSA) is 95.7 Å². The highest BCUT2D eigenvalue weighted by atomic mass is 32.1. The number of aryl methyl sites for hydroxylation is 1. The summed E-state index contributed by atoms with van der Waals surface area (Å²) in [7, 11) is 0. The van der Waals surface area contributed by atoms with Gasteiger partial charge in [0.2, 0.25) is 0 Å². The molecule has 1 aliphatic heterocycles. The molecule has 1 aliphatic rings. The van der Waals surface area contributed by atoms with Gasteiger partial charge in [-0.15, -0.1) is 11.3 Å². The van der Waals surface area contributed by atoms with Crippen molar-refractivity contribution < 1.29 is 19.4 Å². The molecular formula is C20H23N3O4S. The minimum absolute atomic E-state index is 0.0746. The molecule has 2 aromatic rings. The van der Waals surface area contributed by atoms with E-state index in [1.807, 2.05) is 12.3 Å². The van der Waals surface area contributed by atoms with Crippen LogP contribution < -0.4 is 9.64 Å². The van der Waals surface area contributed by atoms with Gasteiger partial charge in [-0.2, -0.15) is 5.26 Å². The van der Waals surface area contributed by atoms with E-state index in [2.05, 4.69) is 11.1 Å². The van der Waals surface area contributed by atoms with Crippen molar-refractivity contribution in [3.8, 4) is 11.8 Å². The molecule has 0 bridgehead atoms. The lowest BCUT2D eigenvalue weighted by molar-refractivity contribution is -0.141. The molecule has 0 amide bonds. The number of aliphatic hydroxyl groups excluding tert-OH is 1. The second-order valence-corrected chi connectivity index (χ2v) is 8.00. The first kappa shape index (κ1) is 20.1. The number of aromatic nitrogens is 1. The van der Waals surface area contributed by atoms with E-state index in [-0.39, 0.29) is 13.2 Å². The summed E-state index contributed by atoms with van der Waals surface area (Å²) >= 11 is 1.39. The Morgan fingerprint density at radius 3 is 2.86 bits per heavy atom. The predicted octanol–water partition coefficient (Wildman–Crippen LogP) is 2.97. The molecule has 0 saturated heterocycles. The quantitative estimate of drug-likeness (QED) is 0.770. The Bertz CT molecular complexity index is 918. The number of esters is 1. The molecule has 1 aromatic carbocycles. The molecule has 8 heteroatoms. The lowest BCUT2D eigenvalue weighted by Gasteiger charge is -2.46. The number of benzene rings is 1. The fourth-order valence-corrected chi connectivity index (χ4v) is 4.12. The van der Waals surface area contributed by atoms with Gasteiger partial charge in [-0.25, -0.2) is 4.98 Å². The van der Waals surface area contributed by atoms with Crippen LogP contribution in [0.2, 0.25) is 0 Å². The monoisotopic (exact) mass is 401 g/mol. The molecule has 3 rings (SSSR count). The Morgan fingerprint density at radius 2 is 2.25 bits per heavy atom. The van der Waals surface area contributed by atoms with E-state index in [0.717, 1.165) is 5.69 Å². The fraction of sp³-hybridized carbons (Fsp3) is 0.450. The van der Waals surface area contributed by atoms with E-state index in [1.165, 1.54) is 11.3 Å². The number of carbonyl (C=O) groups excluding carboxylic acids is 1. The molecule has 1 aromatic heterocycles. The summed E-state index contributed by atoms with van der Waals surface area (Å²) in [5.74, 6) is 0.159. The maximum Gasteiger partial charge on any atom is 0.325 e. The fourth-order valence-electron chi connectivity index (χ4n) is 3.28. The summed E-state index contributed by atoms with van der Waals surface area (Å²) in [4.78, 5) is 18.6. The van der Waals surface area contributed by atoms with Crippen LogP contribution in [0, 0.1) is 18.3 Å². The first-order chi connectivity index (χ1) is 13.3. The number of nitrogens with zero attached hydrogens (tertiary/aromatic N) is 3. The van der Waals surface area contributed by atoms with Crippen molar-refractivity contribution >= 4 is 22.4 Å². The van der Waals surface area contributed by atoms with Crippen molar-refractivity contribution in [2.75, 3.05) is 18.1 Å². The number of thiazole rings is 1. The number of nitriles is 1. The third kappa shape index (κ3) is 3.81. The average molecular weight is 401 g/mol. The van der Waals surface area contributed by atoms with Crippen molar-refractivity contribution in [3.63, 3.8) is 0 Å². The van der Waals surface area contributed by atoms with Crippen LogP contribution in [-0.4, -0.2) is 40.9 Å². The average Bonchev–Trinajstić information content (AvgIpc) is 3.07. The van der Waals surface area contributed by atoms with E-state index in [9.17, 15) is 15.2 Å². The van der Waals surface area contributed by atoms with E-state index < -0.39 is 23.7 Å². The SMILES string of the molecule is CCOC(=O)CN(c1nc(C)cs1)[C@H]1c2cc(C#N)ccc2OC(C)(C)[C@@H]1O.